The average molecular weight is 338 g/mol. The second kappa shape index (κ2) is 6.95. The highest BCUT2D eigenvalue weighted by molar-refractivity contribution is 9.10. The molecule has 0 saturated heterocycles. The Hall–Kier alpha value is -1.26. The van der Waals surface area contributed by atoms with Crippen LogP contribution in [0.2, 0.25) is 0 Å². The van der Waals surface area contributed by atoms with Crippen molar-refractivity contribution < 1.29 is 9.15 Å². The number of nitrogens with one attached hydrogen (secondary N) is 1. The maximum Gasteiger partial charge on any atom is 0.139 e. The van der Waals surface area contributed by atoms with E-state index in [-0.39, 0.29) is 6.04 Å². The van der Waals surface area contributed by atoms with Gasteiger partial charge >= 0.3 is 0 Å². The van der Waals surface area contributed by atoms with Gasteiger partial charge in [0, 0.05) is 0 Å². The quantitative estimate of drug-likeness (QED) is 0.845. The molecule has 0 fully saturated rings. The van der Waals surface area contributed by atoms with Crippen LogP contribution in [0.3, 0.4) is 0 Å². The Morgan fingerprint density at radius 2 is 2.15 bits per heavy atom. The molecule has 20 heavy (non-hydrogen) atoms. The maximum absolute atomic E-state index is 5.63. The first-order chi connectivity index (χ1) is 9.67. The van der Waals surface area contributed by atoms with Gasteiger partial charge in [-0.2, -0.15) is 0 Å². The lowest BCUT2D eigenvalue weighted by Crippen LogP contribution is -2.23. The third kappa shape index (κ3) is 3.25. The minimum absolute atomic E-state index is 0.0221. The summed E-state index contributed by atoms with van der Waals surface area (Å²) in [5, 5.41) is 3.52. The van der Waals surface area contributed by atoms with Gasteiger partial charge in [0.05, 0.1) is 23.9 Å². The van der Waals surface area contributed by atoms with Gasteiger partial charge in [0.1, 0.15) is 11.5 Å². The van der Waals surface area contributed by atoms with Gasteiger partial charge in [-0.3, -0.25) is 0 Å². The number of aryl methyl sites for hydroxylation is 1. The lowest BCUT2D eigenvalue weighted by molar-refractivity contribution is 0.408. The lowest BCUT2D eigenvalue weighted by Gasteiger charge is -2.19. The third-order valence-corrected chi connectivity index (χ3v) is 3.93. The Morgan fingerprint density at radius 3 is 2.75 bits per heavy atom. The Kier molecular flexibility index (Phi) is 5.26. The molecule has 1 heterocycles. The van der Waals surface area contributed by atoms with Gasteiger partial charge in [-0.1, -0.05) is 19.1 Å². The Bertz CT molecular complexity index is 565. The molecule has 0 bridgehead atoms. The number of methoxy groups -OCH3 is 1. The molecule has 108 valence electrons. The highest BCUT2D eigenvalue weighted by Gasteiger charge is 2.20. The number of furan rings is 1. The van der Waals surface area contributed by atoms with Crippen molar-refractivity contribution in [1.82, 2.24) is 5.32 Å². The van der Waals surface area contributed by atoms with Crippen molar-refractivity contribution >= 4 is 15.9 Å². The Labute approximate surface area is 128 Å². The fraction of sp³-hybridized carbons (Fsp3) is 0.375. The monoisotopic (exact) mass is 337 g/mol. The van der Waals surface area contributed by atoms with Gasteiger partial charge in [-0.05, 0) is 59.1 Å². The van der Waals surface area contributed by atoms with Gasteiger partial charge in [-0.15, -0.1) is 0 Å². The highest BCUT2D eigenvalue weighted by atomic mass is 79.9. The summed E-state index contributed by atoms with van der Waals surface area (Å²) in [4.78, 5) is 0. The standard InChI is InChI=1S/C16H20BrNO2/c1-4-8-18-15(16-13(17)7-9-20-16)12-6-5-11(2)14(10-12)19-3/h5-7,9-10,15,18H,4,8H2,1-3H3. The Morgan fingerprint density at radius 1 is 1.35 bits per heavy atom. The summed E-state index contributed by atoms with van der Waals surface area (Å²) in [6.45, 7) is 5.12. The summed E-state index contributed by atoms with van der Waals surface area (Å²) in [6.07, 6.45) is 2.77. The fourth-order valence-electron chi connectivity index (χ4n) is 2.18. The number of halogens is 1. The molecule has 0 aliphatic rings. The molecule has 1 atom stereocenters. The van der Waals surface area contributed by atoms with Gasteiger partial charge in [-0.25, -0.2) is 0 Å². The van der Waals surface area contributed by atoms with Crippen molar-refractivity contribution in [3.05, 3.63) is 51.9 Å². The van der Waals surface area contributed by atoms with Crippen molar-refractivity contribution in [2.75, 3.05) is 13.7 Å². The van der Waals surface area contributed by atoms with E-state index in [0.29, 0.717) is 0 Å². The van der Waals surface area contributed by atoms with Crippen molar-refractivity contribution in [1.29, 1.82) is 0 Å². The molecule has 0 aliphatic heterocycles. The van der Waals surface area contributed by atoms with Crippen LogP contribution in [0.25, 0.3) is 0 Å². The first-order valence-corrected chi connectivity index (χ1v) is 7.57. The molecular formula is C16H20BrNO2. The zero-order valence-corrected chi connectivity index (χ0v) is 13.7. The first kappa shape index (κ1) is 15.1. The van der Waals surface area contributed by atoms with Gasteiger partial charge in [0.2, 0.25) is 0 Å². The van der Waals surface area contributed by atoms with Crippen LogP contribution in [0.4, 0.5) is 0 Å². The molecule has 3 nitrogen and oxygen atoms in total. The van der Waals surface area contributed by atoms with E-state index >= 15 is 0 Å². The van der Waals surface area contributed by atoms with E-state index < -0.39 is 0 Å². The number of benzene rings is 1. The number of ether oxygens (including phenoxy) is 1. The summed E-state index contributed by atoms with van der Waals surface area (Å²) in [6, 6.07) is 8.19. The number of hydrogen-bond donors (Lipinski definition) is 1. The average Bonchev–Trinajstić information content (AvgIpc) is 2.87. The van der Waals surface area contributed by atoms with Crippen molar-refractivity contribution in [3.63, 3.8) is 0 Å². The zero-order valence-electron chi connectivity index (χ0n) is 12.1. The molecule has 0 saturated carbocycles. The summed E-state index contributed by atoms with van der Waals surface area (Å²) in [7, 11) is 1.70. The molecular weight excluding hydrogens is 318 g/mol. The van der Waals surface area contributed by atoms with E-state index in [1.54, 1.807) is 13.4 Å². The number of hydrogen-bond acceptors (Lipinski definition) is 3. The lowest BCUT2D eigenvalue weighted by atomic mass is 10.0. The fourth-order valence-corrected chi connectivity index (χ4v) is 2.61. The molecule has 1 unspecified atom stereocenters. The predicted octanol–water partition coefficient (Wildman–Crippen LogP) is 4.45. The molecule has 2 aromatic rings. The van der Waals surface area contributed by atoms with E-state index in [1.165, 1.54) is 0 Å². The van der Waals surface area contributed by atoms with E-state index in [0.717, 1.165) is 40.1 Å². The van der Waals surface area contributed by atoms with Crippen LogP contribution in [-0.2, 0) is 0 Å². The predicted molar refractivity (Wildman–Crippen MR) is 84.3 cm³/mol. The normalized spacial score (nSPS) is 12.4. The molecule has 2 rings (SSSR count). The van der Waals surface area contributed by atoms with E-state index in [9.17, 15) is 0 Å². The van der Waals surface area contributed by atoms with Crippen LogP contribution in [0.1, 0.15) is 36.3 Å². The van der Waals surface area contributed by atoms with Crippen LogP contribution >= 0.6 is 15.9 Å². The second-order valence-corrected chi connectivity index (χ2v) is 5.60. The molecule has 0 radical (unpaired) electrons. The van der Waals surface area contributed by atoms with Crippen molar-refractivity contribution in [2.24, 2.45) is 0 Å². The maximum atomic E-state index is 5.63. The van der Waals surface area contributed by atoms with E-state index in [4.69, 9.17) is 9.15 Å². The smallest absolute Gasteiger partial charge is 0.139 e. The summed E-state index contributed by atoms with van der Waals surface area (Å²) in [5.74, 6) is 1.79. The minimum Gasteiger partial charge on any atom is -0.496 e. The van der Waals surface area contributed by atoms with Crippen molar-refractivity contribution in [3.8, 4) is 5.75 Å². The van der Waals surface area contributed by atoms with Gasteiger partial charge in [0.15, 0.2) is 0 Å². The molecule has 4 heteroatoms. The van der Waals surface area contributed by atoms with E-state index in [2.05, 4.69) is 46.4 Å². The molecule has 0 spiro atoms. The number of rotatable bonds is 6. The van der Waals surface area contributed by atoms with Crippen LogP contribution in [-0.4, -0.2) is 13.7 Å². The van der Waals surface area contributed by atoms with Crippen LogP contribution in [0, 0.1) is 6.92 Å². The summed E-state index contributed by atoms with van der Waals surface area (Å²) >= 11 is 3.54. The van der Waals surface area contributed by atoms with Crippen molar-refractivity contribution in [2.45, 2.75) is 26.3 Å². The minimum atomic E-state index is 0.0221. The summed E-state index contributed by atoms with van der Waals surface area (Å²) in [5.41, 5.74) is 2.26. The topological polar surface area (TPSA) is 34.4 Å². The molecule has 0 amide bonds. The zero-order chi connectivity index (χ0) is 14.5. The van der Waals surface area contributed by atoms with E-state index in [1.807, 2.05) is 13.0 Å². The van der Waals surface area contributed by atoms with Crippen LogP contribution in [0.5, 0.6) is 5.75 Å². The molecule has 1 aromatic heterocycles. The first-order valence-electron chi connectivity index (χ1n) is 6.78. The SMILES string of the molecule is CCCNC(c1ccc(C)c(OC)c1)c1occc1Br. The molecule has 1 aromatic carbocycles. The third-order valence-electron chi connectivity index (χ3n) is 3.27. The van der Waals surface area contributed by atoms with Gasteiger partial charge in [0.25, 0.3) is 0 Å². The largest absolute Gasteiger partial charge is 0.496 e. The van der Waals surface area contributed by atoms with Gasteiger partial charge < -0.3 is 14.5 Å². The molecule has 0 aliphatic carbocycles. The second-order valence-electron chi connectivity index (χ2n) is 4.75. The highest BCUT2D eigenvalue weighted by Crippen LogP contribution is 2.32. The Balaban J connectivity index is 2.38. The summed E-state index contributed by atoms with van der Waals surface area (Å²) < 4.78 is 12.0. The van der Waals surface area contributed by atoms with Crippen LogP contribution in [0.15, 0.2) is 39.4 Å². The van der Waals surface area contributed by atoms with Crippen LogP contribution < -0.4 is 10.1 Å². The molecule has 1 N–H and O–H groups in total.